The number of hydrogen-bond donors (Lipinski definition) is 1. The van der Waals surface area contributed by atoms with Gasteiger partial charge in [-0.05, 0) is 12.1 Å². The Morgan fingerprint density at radius 2 is 2.14 bits per heavy atom. The normalized spacial score (nSPS) is 14.0. The van der Waals surface area contributed by atoms with Gasteiger partial charge in [0.05, 0.1) is 13.2 Å². The summed E-state index contributed by atoms with van der Waals surface area (Å²) in [5.74, 6) is 1.75. The van der Waals surface area contributed by atoms with Crippen molar-refractivity contribution in [3.8, 4) is 11.5 Å². The second-order valence-corrected chi connectivity index (χ2v) is 5.17. The minimum Gasteiger partial charge on any atom is -0.490 e. The molecule has 0 spiro atoms. The van der Waals surface area contributed by atoms with E-state index in [4.69, 9.17) is 9.47 Å². The van der Waals surface area contributed by atoms with Crippen LogP contribution in [0.3, 0.4) is 0 Å². The Labute approximate surface area is 124 Å². The first kappa shape index (κ1) is 13.9. The number of fused-ring (bicyclic) bond motifs is 1. The van der Waals surface area contributed by atoms with Crippen molar-refractivity contribution < 1.29 is 9.47 Å². The zero-order valence-corrected chi connectivity index (χ0v) is 12.3. The molecule has 2 heterocycles. The number of ether oxygens (including phenoxy) is 2. The van der Waals surface area contributed by atoms with Crippen LogP contribution in [-0.2, 0) is 20.0 Å². The summed E-state index contributed by atoms with van der Waals surface area (Å²) in [4.78, 5) is 0. The standard InChI is InChI=1S/C16H21N3O2/c1-19-14(7-9-18-19)6-8-17-12-13-4-2-5-15-16(13)21-11-3-10-20-15/h2,4-5,7,9,17H,3,6,8,10-12H2,1H3. The van der Waals surface area contributed by atoms with E-state index >= 15 is 0 Å². The molecule has 0 amide bonds. The lowest BCUT2D eigenvalue weighted by Gasteiger charge is -2.13. The van der Waals surface area contributed by atoms with Crippen molar-refractivity contribution in [3.05, 3.63) is 41.7 Å². The topological polar surface area (TPSA) is 48.3 Å². The lowest BCUT2D eigenvalue weighted by atomic mass is 10.2. The summed E-state index contributed by atoms with van der Waals surface area (Å²) < 4.78 is 13.4. The smallest absolute Gasteiger partial charge is 0.165 e. The van der Waals surface area contributed by atoms with Crippen molar-refractivity contribution in [2.24, 2.45) is 7.05 Å². The lowest BCUT2D eigenvalue weighted by Crippen LogP contribution is -2.18. The average Bonchev–Trinajstić information content (AvgIpc) is 2.76. The third-order valence-electron chi connectivity index (χ3n) is 3.65. The molecule has 0 atom stereocenters. The van der Waals surface area contributed by atoms with Gasteiger partial charge in [0.1, 0.15) is 0 Å². The predicted octanol–water partition coefficient (Wildman–Crippen LogP) is 1.91. The first-order valence-electron chi connectivity index (χ1n) is 7.39. The van der Waals surface area contributed by atoms with Gasteiger partial charge in [0, 0.05) is 50.4 Å². The van der Waals surface area contributed by atoms with E-state index in [9.17, 15) is 0 Å². The van der Waals surface area contributed by atoms with Gasteiger partial charge in [-0.15, -0.1) is 0 Å². The number of nitrogens with zero attached hydrogens (tertiary/aromatic N) is 2. The summed E-state index contributed by atoms with van der Waals surface area (Å²) in [5.41, 5.74) is 2.38. The molecule has 5 heteroatoms. The van der Waals surface area contributed by atoms with Crippen LogP contribution in [0.25, 0.3) is 0 Å². The van der Waals surface area contributed by atoms with E-state index in [-0.39, 0.29) is 0 Å². The molecule has 112 valence electrons. The first-order valence-corrected chi connectivity index (χ1v) is 7.39. The molecule has 1 aliphatic rings. The number of aryl methyl sites for hydroxylation is 1. The number of aromatic nitrogens is 2. The van der Waals surface area contributed by atoms with Crippen LogP contribution in [0.1, 0.15) is 17.7 Å². The Morgan fingerprint density at radius 3 is 3.00 bits per heavy atom. The molecule has 1 aromatic heterocycles. The minimum absolute atomic E-state index is 0.721. The molecule has 1 aromatic carbocycles. The Hall–Kier alpha value is -2.01. The maximum absolute atomic E-state index is 5.82. The molecule has 1 N–H and O–H groups in total. The van der Waals surface area contributed by atoms with Gasteiger partial charge in [0.2, 0.25) is 0 Å². The lowest BCUT2D eigenvalue weighted by molar-refractivity contribution is 0.296. The van der Waals surface area contributed by atoms with E-state index in [1.807, 2.05) is 36.1 Å². The number of para-hydroxylation sites is 1. The van der Waals surface area contributed by atoms with E-state index < -0.39 is 0 Å². The summed E-state index contributed by atoms with van der Waals surface area (Å²) in [5, 5.41) is 7.64. The first-order chi connectivity index (χ1) is 10.3. The van der Waals surface area contributed by atoms with Crippen molar-refractivity contribution >= 4 is 0 Å². The summed E-state index contributed by atoms with van der Waals surface area (Å²) in [6.45, 7) is 3.14. The van der Waals surface area contributed by atoms with Crippen molar-refractivity contribution in [1.29, 1.82) is 0 Å². The van der Waals surface area contributed by atoms with Crippen LogP contribution in [-0.4, -0.2) is 29.5 Å². The molecule has 0 bridgehead atoms. The van der Waals surface area contributed by atoms with Crippen LogP contribution in [0.2, 0.25) is 0 Å². The number of rotatable bonds is 5. The van der Waals surface area contributed by atoms with Crippen LogP contribution in [0.4, 0.5) is 0 Å². The molecule has 5 nitrogen and oxygen atoms in total. The number of hydrogen-bond acceptors (Lipinski definition) is 4. The van der Waals surface area contributed by atoms with Gasteiger partial charge in [0.25, 0.3) is 0 Å². The molecule has 0 saturated heterocycles. The zero-order chi connectivity index (χ0) is 14.5. The maximum atomic E-state index is 5.82. The van der Waals surface area contributed by atoms with Crippen molar-refractivity contribution in [1.82, 2.24) is 15.1 Å². The van der Waals surface area contributed by atoms with Crippen LogP contribution >= 0.6 is 0 Å². The molecule has 0 saturated carbocycles. The highest BCUT2D eigenvalue weighted by atomic mass is 16.5. The van der Waals surface area contributed by atoms with Gasteiger partial charge in [-0.3, -0.25) is 4.68 Å². The molecule has 0 aliphatic carbocycles. The van der Waals surface area contributed by atoms with Crippen molar-refractivity contribution in [2.75, 3.05) is 19.8 Å². The van der Waals surface area contributed by atoms with Gasteiger partial charge in [-0.1, -0.05) is 12.1 Å². The highest BCUT2D eigenvalue weighted by molar-refractivity contribution is 5.47. The van der Waals surface area contributed by atoms with E-state index in [1.165, 1.54) is 5.69 Å². The van der Waals surface area contributed by atoms with Gasteiger partial charge < -0.3 is 14.8 Å². The quantitative estimate of drug-likeness (QED) is 0.854. The van der Waals surface area contributed by atoms with Crippen LogP contribution < -0.4 is 14.8 Å². The average molecular weight is 287 g/mol. The molecule has 0 radical (unpaired) electrons. The highest BCUT2D eigenvalue weighted by Gasteiger charge is 2.13. The molecule has 2 aromatic rings. The fraction of sp³-hybridized carbons (Fsp3) is 0.438. The maximum Gasteiger partial charge on any atom is 0.165 e. The summed E-state index contributed by atoms with van der Waals surface area (Å²) in [7, 11) is 1.97. The van der Waals surface area contributed by atoms with E-state index in [1.54, 1.807) is 0 Å². The van der Waals surface area contributed by atoms with Gasteiger partial charge in [-0.25, -0.2) is 0 Å². The minimum atomic E-state index is 0.721. The third-order valence-corrected chi connectivity index (χ3v) is 3.65. The Morgan fingerprint density at radius 1 is 1.24 bits per heavy atom. The Balaban J connectivity index is 1.57. The van der Waals surface area contributed by atoms with Gasteiger partial charge >= 0.3 is 0 Å². The molecule has 0 unspecified atom stereocenters. The second-order valence-electron chi connectivity index (χ2n) is 5.17. The van der Waals surface area contributed by atoms with Crippen molar-refractivity contribution in [2.45, 2.75) is 19.4 Å². The molecule has 21 heavy (non-hydrogen) atoms. The van der Waals surface area contributed by atoms with Gasteiger partial charge in [-0.2, -0.15) is 5.10 Å². The molecular formula is C16H21N3O2. The SMILES string of the molecule is Cn1nccc1CCNCc1cccc2c1OCCCO2. The molecule has 1 aliphatic heterocycles. The van der Waals surface area contributed by atoms with Crippen LogP contribution in [0.5, 0.6) is 11.5 Å². The number of nitrogens with one attached hydrogen (secondary N) is 1. The Bertz CT molecular complexity index is 595. The van der Waals surface area contributed by atoms with Crippen LogP contribution in [0.15, 0.2) is 30.5 Å². The Kier molecular flexibility index (Phi) is 4.40. The second kappa shape index (κ2) is 6.63. The summed E-state index contributed by atoms with van der Waals surface area (Å²) in [6, 6.07) is 8.13. The molecule has 3 rings (SSSR count). The largest absolute Gasteiger partial charge is 0.490 e. The fourth-order valence-corrected chi connectivity index (χ4v) is 2.48. The molecule has 0 fully saturated rings. The highest BCUT2D eigenvalue weighted by Crippen LogP contribution is 2.33. The van der Waals surface area contributed by atoms with Crippen LogP contribution in [0, 0.1) is 0 Å². The zero-order valence-electron chi connectivity index (χ0n) is 12.3. The van der Waals surface area contributed by atoms with E-state index in [2.05, 4.69) is 16.5 Å². The number of benzene rings is 1. The van der Waals surface area contributed by atoms with Crippen molar-refractivity contribution in [3.63, 3.8) is 0 Å². The van der Waals surface area contributed by atoms with E-state index in [0.717, 1.165) is 56.2 Å². The summed E-state index contributed by atoms with van der Waals surface area (Å²) in [6.07, 6.45) is 3.72. The van der Waals surface area contributed by atoms with Gasteiger partial charge in [0.15, 0.2) is 11.5 Å². The third kappa shape index (κ3) is 3.36. The van der Waals surface area contributed by atoms with E-state index in [0.29, 0.717) is 0 Å². The monoisotopic (exact) mass is 287 g/mol. The molecular weight excluding hydrogens is 266 g/mol. The summed E-state index contributed by atoms with van der Waals surface area (Å²) >= 11 is 0. The fourth-order valence-electron chi connectivity index (χ4n) is 2.48. The predicted molar refractivity (Wildman–Crippen MR) is 80.7 cm³/mol.